The number of hydrogen-bond donors (Lipinski definition) is 1. The maximum absolute atomic E-state index is 13.9. The van der Waals surface area contributed by atoms with Crippen LogP contribution in [0.1, 0.15) is 0 Å². The number of rotatable bonds is 1. The Morgan fingerprint density at radius 2 is 1.89 bits per heavy atom. The Hall–Kier alpha value is -2.08. The Morgan fingerprint density at radius 1 is 1.16 bits per heavy atom. The second-order valence-corrected chi connectivity index (χ2v) is 4.24. The molecule has 0 aliphatic carbocycles. The minimum absolute atomic E-state index is 0.0365. The van der Waals surface area contributed by atoms with Crippen LogP contribution in [0.5, 0.6) is 11.5 Å². The molecule has 0 saturated carbocycles. The Morgan fingerprint density at radius 3 is 2.68 bits per heavy atom. The maximum atomic E-state index is 13.9. The third kappa shape index (κ3) is 2.15. The Labute approximate surface area is 113 Å². The zero-order valence-corrected chi connectivity index (χ0v) is 10.4. The van der Waals surface area contributed by atoms with Crippen molar-refractivity contribution in [2.75, 3.05) is 18.9 Å². The van der Waals surface area contributed by atoms with E-state index in [0.717, 1.165) is 0 Å². The number of anilines is 1. The van der Waals surface area contributed by atoms with E-state index in [-0.39, 0.29) is 16.8 Å². The molecular formula is C12H9ClFN3O2. The van der Waals surface area contributed by atoms with E-state index in [2.05, 4.69) is 9.97 Å². The second-order valence-electron chi connectivity index (χ2n) is 3.90. The lowest BCUT2D eigenvalue weighted by Crippen LogP contribution is -2.15. The van der Waals surface area contributed by atoms with Crippen molar-refractivity contribution in [1.29, 1.82) is 0 Å². The van der Waals surface area contributed by atoms with Gasteiger partial charge in [0.15, 0.2) is 23.1 Å². The zero-order chi connectivity index (χ0) is 13.4. The van der Waals surface area contributed by atoms with Crippen LogP contribution in [0.2, 0.25) is 5.28 Å². The third-order valence-electron chi connectivity index (χ3n) is 2.67. The highest BCUT2D eigenvalue weighted by Crippen LogP contribution is 2.35. The Balaban J connectivity index is 2.12. The van der Waals surface area contributed by atoms with Gasteiger partial charge in [-0.2, -0.15) is 4.98 Å². The molecule has 5 nitrogen and oxygen atoms in total. The van der Waals surface area contributed by atoms with Crippen LogP contribution in [-0.2, 0) is 0 Å². The molecule has 98 valence electrons. The molecular weight excluding hydrogens is 273 g/mol. The quantitative estimate of drug-likeness (QED) is 0.812. The van der Waals surface area contributed by atoms with Gasteiger partial charge in [-0.05, 0) is 29.8 Å². The highest BCUT2D eigenvalue weighted by molar-refractivity contribution is 6.28. The molecule has 7 heteroatoms. The number of nitrogen functional groups attached to an aromatic ring is 1. The lowest BCUT2D eigenvalue weighted by Gasteiger charge is -2.18. The summed E-state index contributed by atoms with van der Waals surface area (Å²) in [5.41, 5.74) is 5.96. The van der Waals surface area contributed by atoms with Gasteiger partial charge in [0.1, 0.15) is 18.9 Å². The standard InChI is InChI=1S/C12H9ClFN3O2/c13-12-16-10(9(14)11(15)17-12)6-1-2-7-8(5-6)19-4-3-18-7/h1-2,5H,3-4H2,(H2,15,16,17). The van der Waals surface area contributed by atoms with Crippen molar-refractivity contribution in [3.63, 3.8) is 0 Å². The molecule has 1 aliphatic heterocycles. The molecule has 2 N–H and O–H groups in total. The second kappa shape index (κ2) is 4.55. The molecule has 0 atom stereocenters. The van der Waals surface area contributed by atoms with E-state index in [1.54, 1.807) is 18.2 Å². The first-order valence-electron chi connectivity index (χ1n) is 5.53. The Kier molecular flexibility index (Phi) is 2.87. The molecule has 0 fully saturated rings. The van der Waals surface area contributed by atoms with Crippen LogP contribution in [0, 0.1) is 5.82 Å². The van der Waals surface area contributed by atoms with Gasteiger partial charge in [0.2, 0.25) is 5.28 Å². The maximum Gasteiger partial charge on any atom is 0.225 e. The summed E-state index contributed by atoms with van der Waals surface area (Å²) in [6.07, 6.45) is 0. The fourth-order valence-corrected chi connectivity index (χ4v) is 1.99. The molecule has 0 unspecified atom stereocenters. The van der Waals surface area contributed by atoms with Crippen molar-refractivity contribution in [3.8, 4) is 22.8 Å². The monoisotopic (exact) mass is 281 g/mol. The first kappa shape index (κ1) is 12.0. The minimum atomic E-state index is -0.707. The number of hydrogen-bond acceptors (Lipinski definition) is 5. The summed E-state index contributed by atoms with van der Waals surface area (Å²) in [5.74, 6) is 0.158. The summed E-state index contributed by atoms with van der Waals surface area (Å²) in [7, 11) is 0. The van der Waals surface area contributed by atoms with Gasteiger partial charge in [0.25, 0.3) is 0 Å². The van der Waals surface area contributed by atoms with E-state index in [4.69, 9.17) is 26.8 Å². The highest BCUT2D eigenvalue weighted by atomic mass is 35.5. The number of nitrogens with zero attached hydrogens (tertiary/aromatic N) is 2. The van der Waals surface area contributed by atoms with E-state index in [9.17, 15) is 4.39 Å². The van der Waals surface area contributed by atoms with Crippen LogP contribution in [0.25, 0.3) is 11.3 Å². The van der Waals surface area contributed by atoms with Gasteiger partial charge in [-0.1, -0.05) is 0 Å². The molecule has 0 radical (unpaired) electrons. The van der Waals surface area contributed by atoms with E-state index < -0.39 is 5.82 Å². The average Bonchev–Trinajstić information content (AvgIpc) is 2.42. The van der Waals surface area contributed by atoms with E-state index in [0.29, 0.717) is 30.3 Å². The number of ether oxygens (including phenoxy) is 2. The SMILES string of the molecule is Nc1nc(Cl)nc(-c2ccc3c(c2)OCCO3)c1F. The molecule has 0 spiro atoms. The van der Waals surface area contributed by atoms with Crippen molar-refractivity contribution in [2.24, 2.45) is 0 Å². The number of halogens is 2. The summed E-state index contributed by atoms with van der Waals surface area (Å²) in [4.78, 5) is 7.40. The number of nitrogens with two attached hydrogens (primary N) is 1. The average molecular weight is 282 g/mol. The topological polar surface area (TPSA) is 70.3 Å². The van der Waals surface area contributed by atoms with Gasteiger partial charge in [0.05, 0.1) is 0 Å². The minimum Gasteiger partial charge on any atom is -0.486 e. The fourth-order valence-electron chi connectivity index (χ4n) is 1.82. The Bertz CT molecular complexity index is 651. The number of fused-ring (bicyclic) bond motifs is 1. The smallest absolute Gasteiger partial charge is 0.225 e. The molecule has 1 aromatic heterocycles. The summed E-state index contributed by atoms with van der Waals surface area (Å²) >= 11 is 5.69. The summed E-state index contributed by atoms with van der Waals surface area (Å²) in [6, 6.07) is 4.99. The van der Waals surface area contributed by atoms with Crippen molar-refractivity contribution in [2.45, 2.75) is 0 Å². The normalized spacial score (nSPS) is 13.4. The van der Waals surface area contributed by atoms with Crippen molar-refractivity contribution in [3.05, 3.63) is 29.3 Å². The van der Waals surface area contributed by atoms with Gasteiger partial charge >= 0.3 is 0 Å². The van der Waals surface area contributed by atoms with Gasteiger partial charge < -0.3 is 15.2 Å². The largest absolute Gasteiger partial charge is 0.486 e. The predicted octanol–water partition coefficient (Wildman–Crippen LogP) is 2.29. The van der Waals surface area contributed by atoms with Gasteiger partial charge in [-0.25, -0.2) is 9.37 Å². The van der Waals surface area contributed by atoms with Gasteiger partial charge in [0, 0.05) is 5.56 Å². The van der Waals surface area contributed by atoms with Crippen LogP contribution in [-0.4, -0.2) is 23.2 Å². The van der Waals surface area contributed by atoms with Crippen LogP contribution in [0.3, 0.4) is 0 Å². The molecule has 1 aliphatic rings. The van der Waals surface area contributed by atoms with Crippen LogP contribution in [0.4, 0.5) is 10.2 Å². The van der Waals surface area contributed by atoms with Crippen molar-refractivity contribution in [1.82, 2.24) is 9.97 Å². The van der Waals surface area contributed by atoms with Gasteiger partial charge in [-0.15, -0.1) is 0 Å². The van der Waals surface area contributed by atoms with E-state index in [1.165, 1.54) is 0 Å². The van der Waals surface area contributed by atoms with Crippen LogP contribution in [0.15, 0.2) is 18.2 Å². The number of aromatic nitrogens is 2. The lowest BCUT2D eigenvalue weighted by atomic mass is 10.1. The molecule has 0 bridgehead atoms. The van der Waals surface area contributed by atoms with E-state index >= 15 is 0 Å². The first-order valence-corrected chi connectivity index (χ1v) is 5.91. The van der Waals surface area contributed by atoms with Crippen molar-refractivity contribution >= 4 is 17.4 Å². The molecule has 19 heavy (non-hydrogen) atoms. The lowest BCUT2D eigenvalue weighted by molar-refractivity contribution is 0.171. The van der Waals surface area contributed by atoms with Gasteiger partial charge in [-0.3, -0.25) is 0 Å². The molecule has 0 saturated heterocycles. The molecule has 2 heterocycles. The number of benzene rings is 1. The van der Waals surface area contributed by atoms with E-state index in [1.807, 2.05) is 0 Å². The zero-order valence-electron chi connectivity index (χ0n) is 9.69. The predicted molar refractivity (Wildman–Crippen MR) is 67.8 cm³/mol. The summed E-state index contributed by atoms with van der Waals surface area (Å²) in [5, 5.41) is -0.108. The first-order chi connectivity index (χ1) is 9.15. The molecule has 1 aromatic carbocycles. The molecule has 2 aromatic rings. The molecule has 0 amide bonds. The summed E-state index contributed by atoms with van der Waals surface area (Å²) in [6.45, 7) is 0.943. The third-order valence-corrected chi connectivity index (χ3v) is 2.83. The molecule has 3 rings (SSSR count). The fraction of sp³-hybridized carbons (Fsp3) is 0.167. The highest BCUT2D eigenvalue weighted by Gasteiger charge is 2.17. The van der Waals surface area contributed by atoms with Crippen LogP contribution < -0.4 is 15.2 Å². The van der Waals surface area contributed by atoms with Crippen LogP contribution >= 0.6 is 11.6 Å². The summed E-state index contributed by atoms with van der Waals surface area (Å²) < 4.78 is 24.7. The van der Waals surface area contributed by atoms with Crippen molar-refractivity contribution < 1.29 is 13.9 Å².